The molecule has 0 unspecified atom stereocenters. The Labute approximate surface area is 141 Å². The van der Waals surface area contributed by atoms with Crippen LogP contribution < -0.4 is 10.1 Å². The number of hydrogen-bond donors (Lipinski definition) is 1. The molecule has 1 rings (SSSR count). The molecule has 0 aromatic heterocycles. The lowest BCUT2D eigenvalue weighted by molar-refractivity contribution is -0.386. The average molecular weight is 397 g/mol. The monoisotopic (exact) mass is 397 g/mol. The van der Waals surface area contributed by atoms with Gasteiger partial charge in [-0.25, -0.2) is 4.79 Å². The van der Waals surface area contributed by atoms with Gasteiger partial charge in [0.25, 0.3) is 0 Å². The van der Waals surface area contributed by atoms with E-state index in [0.717, 1.165) is 6.07 Å². The van der Waals surface area contributed by atoms with Crippen molar-refractivity contribution in [3.05, 3.63) is 28.8 Å². The van der Waals surface area contributed by atoms with Crippen LogP contribution in [0.3, 0.4) is 0 Å². The Bertz CT molecular complexity index is 653. The standard InChI is InChI=1S/C14H12F9NO2/c1-6-4-7(2)8(3)9(5-6)26-10(25)24-11(12(15,16)17,13(18,19)20)14(21,22)23/h4-5H,1-3H3,(H,24,25). The highest BCUT2D eigenvalue weighted by Gasteiger charge is 2.85. The topological polar surface area (TPSA) is 38.3 Å². The zero-order chi connectivity index (χ0) is 20.7. The number of benzene rings is 1. The van der Waals surface area contributed by atoms with Gasteiger partial charge in [0, 0.05) is 0 Å². The SMILES string of the molecule is Cc1cc(C)c(C)c(OC(=O)NC(C(F)(F)F)(C(F)(F)F)C(F)(F)F)c1. The second kappa shape index (κ2) is 6.54. The summed E-state index contributed by atoms with van der Waals surface area (Å²) in [5.41, 5.74) is -5.44. The van der Waals surface area contributed by atoms with E-state index in [9.17, 15) is 44.3 Å². The van der Waals surface area contributed by atoms with Crippen LogP contribution in [-0.4, -0.2) is 30.2 Å². The predicted octanol–water partition coefficient (Wildman–Crippen LogP) is 5.13. The van der Waals surface area contributed by atoms with Crippen LogP contribution >= 0.6 is 0 Å². The first kappa shape index (κ1) is 21.9. The zero-order valence-electron chi connectivity index (χ0n) is 13.4. The molecule has 12 heteroatoms. The molecule has 1 amide bonds. The Balaban J connectivity index is 3.36. The van der Waals surface area contributed by atoms with Gasteiger partial charge >= 0.3 is 30.2 Å². The molecule has 1 aromatic carbocycles. The Morgan fingerprint density at radius 3 is 1.65 bits per heavy atom. The van der Waals surface area contributed by atoms with E-state index in [2.05, 4.69) is 4.74 Å². The highest BCUT2D eigenvalue weighted by Crippen LogP contribution is 2.52. The normalized spacial score (nSPS) is 13.5. The summed E-state index contributed by atoms with van der Waals surface area (Å²) in [6, 6.07) is 2.64. The van der Waals surface area contributed by atoms with Crippen LogP contribution in [0.2, 0.25) is 0 Å². The van der Waals surface area contributed by atoms with Gasteiger partial charge in [0.1, 0.15) is 5.75 Å². The minimum atomic E-state index is -6.92. The van der Waals surface area contributed by atoms with E-state index in [-0.39, 0.29) is 10.9 Å². The van der Waals surface area contributed by atoms with E-state index in [1.165, 1.54) is 20.8 Å². The van der Waals surface area contributed by atoms with Gasteiger partial charge in [-0.05, 0) is 43.5 Å². The number of carbonyl (C=O) groups excluding carboxylic acids is 1. The molecule has 148 valence electrons. The Morgan fingerprint density at radius 2 is 1.27 bits per heavy atom. The summed E-state index contributed by atoms with van der Waals surface area (Å²) >= 11 is 0. The maximum absolute atomic E-state index is 12.8. The van der Waals surface area contributed by atoms with Gasteiger partial charge in [-0.15, -0.1) is 0 Å². The van der Waals surface area contributed by atoms with Crippen LogP contribution in [0.1, 0.15) is 16.7 Å². The van der Waals surface area contributed by atoms with Crippen LogP contribution in [0.25, 0.3) is 0 Å². The first-order valence-corrected chi connectivity index (χ1v) is 6.72. The molecule has 26 heavy (non-hydrogen) atoms. The maximum atomic E-state index is 12.8. The first-order valence-electron chi connectivity index (χ1n) is 6.72. The quantitative estimate of drug-likeness (QED) is 0.703. The van der Waals surface area contributed by atoms with E-state index in [1.807, 2.05) is 0 Å². The van der Waals surface area contributed by atoms with Crippen molar-refractivity contribution < 1.29 is 49.0 Å². The third kappa shape index (κ3) is 3.83. The molecule has 0 aliphatic rings. The second-order valence-corrected chi connectivity index (χ2v) is 5.46. The van der Waals surface area contributed by atoms with Crippen molar-refractivity contribution in [2.75, 3.05) is 0 Å². The van der Waals surface area contributed by atoms with E-state index in [1.54, 1.807) is 6.07 Å². The Hall–Kier alpha value is -2.14. The van der Waals surface area contributed by atoms with Gasteiger partial charge in [0.05, 0.1) is 0 Å². The molecular formula is C14H12F9NO2. The lowest BCUT2D eigenvalue weighted by Crippen LogP contribution is -2.75. The van der Waals surface area contributed by atoms with Crippen molar-refractivity contribution in [3.63, 3.8) is 0 Å². The maximum Gasteiger partial charge on any atom is 0.429 e. The van der Waals surface area contributed by atoms with Crippen molar-refractivity contribution in [2.45, 2.75) is 44.8 Å². The van der Waals surface area contributed by atoms with E-state index < -0.39 is 35.9 Å². The van der Waals surface area contributed by atoms with Crippen molar-refractivity contribution in [3.8, 4) is 5.75 Å². The molecular weight excluding hydrogens is 385 g/mol. The third-order valence-electron chi connectivity index (χ3n) is 3.53. The molecule has 1 N–H and O–H groups in total. The van der Waals surface area contributed by atoms with Crippen LogP contribution in [0.5, 0.6) is 5.75 Å². The fraction of sp³-hybridized carbons (Fsp3) is 0.500. The van der Waals surface area contributed by atoms with Gasteiger partial charge in [0.15, 0.2) is 0 Å². The lowest BCUT2D eigenvalue weighted by Gasteiger charge is -2.38. The number of amides is 1. The summed E-state index contributed by atoms with van der Waals surface area (Å²) in [5, 5.41) is -0.0711. The highest BCUT2D eigenvalue weighted by atomic mass is 19.4. The molecule has 0 bridgehead atoms. The van der Waals surface area contributed by atoms with E-state index in [4.69, 9.17) is 0 Å². The van der Waals surface area contributed by atoms with Gasteiger partial charge in [0.2, 0.25) is 0 Å². The summed E-state index contributed by atoms with van der Waals surface area (Å²) in [7, 11) is 0. The number of hydrogen-bond acceptors (Lipinski definition) is 2. The molecule has 3 nitrogen and oxygen atoms in total. The minimum absolute atomic E-state index is 0.0711. The smallest absolute Gasteiger partial charge is 0.410 e. The zero-order valence-corrected chi connectivity index (χ0v) is 13.4. The number of ether oxygens (including phenoxy) is 1. The summed E-state index contributed by atoms with van der Waals surface area (Å²) in [5.74, 6) is -0.472. The van der Waals surface area contributed by atoms with Gasteiger partial charge in [-0.1, -0.05) is 6.07 Å². The van der Waals surface area contributed by atoms with Gasteiger partial charge in [-0.2, -0.15) is 39.5 Å². The molecule has 0 saturated carbocycles. The fourth-order valence-electron chi connectivity index (χ4n) is 2.08. The van der Waals surface area contributed by atoms with Crippen molar-refractivity contribution in [1.29, 1.82) is 0 Å². The predicted molar refractivity (Wildman–Crippen MR) is 70.7 cm³/mol. The van der Waals surface area contributed by atoms with Crippen molar-refractivity contribution in [2.24, 2.45) is 0 Å². The molecule has 1 aromatic rings. The number of alkyl halides is 9. The number of rotatable bonds is 2. The number of halogens is 9. The van der Waals surface area contributed by atoms with E-state index >= 15 is 0 Å². The van der Waals surface area contributed by atoms with Crippen LogP contribution in [0.15, 0.2) is 12.1 Å². The van der Waals surface area contributed by atoms with Crippen LogP contribution in [0.4, 0.5) is 44.3 Å². The summed E-state index contributed by atoms with van der Waals surface area (Å²) in [6.07, 6.45) is -23.3. The van der Waals surface area contributed by atoms with Crippen LogP contribution in [-0.2, 0) is 0 Å². The minimum Gasteiger partial charge on any atom is -0.410 e. The summed E-state index contributed by atoms with van der Waals surface area (Å²) in [6.45, 7) is 4.29. The summed E-state index contributed by atoms with van der Waals surface area (Å²) in [4.78, 5) is 11.5. The average Bonchev–Trinajstić information content (AvgIpc) is 2.37. The molecule has 0 radical (unpaired) electrons. The number of aryl methyl sites for hydroxylation is 2. The second-order valence-electron chi connectivity index (χ2n) is 5.46. The molecule has 0 fully saturated rings. The fourth-order valence-corrected chi connectivity index (χ4v) is 2.08. The number of nitrogens with one attached hydrogen (secondary N) is 1. The molecule has 0 aliphatic heterocycles. The molecule has 0 spiro atoms. The van der Waals surface area contributed by atoms with Crippen molar-refractivity contribution in [1.82, 2.24) is 5.32 Å². The van der Waals surface area contributed by atoms with E-state index in [0.29, 0.717) is 11.1 Å². The number of carbonyl (C=O) groups is 1. The summed E-state index contributed by atoms with van der Waals surface area (Å²) < 4.78 is 119. The first-order chi connectivity index (χ1) is 11.4. The van der Waals surface area contributed by atoms with Crippen molar-refractivity contribution >= 4 is 6.09 Å². The van der Waals surface area contributed by atoms with Gasteiger partial charge in [-0.3, -0.25) is 5.32 Å². The Kier molecular flexibility index (Phi) is 5.51. The molecule has 0 atom stereocenters. The molecule has 0 heterocycles. The van der Waals surface area contributed by atoms with Crippen LogP contribution in [0, 0.1) is 20.8 Å². The third-order valence-corrected chi connectivity index (χ3v) is 3.53. The molecule has 0 saturated heterocycles. The Morgan fingerprint density at radius 1 is 0.846 bits per heavy atom. The molecule has 0 aliphatic carbocycles. The highest BCUT2D eigenvalue weighted by molar-refractivity contribution is 5.72. The largest absolute Gasteiger partial charge is 0.429 e. The lowest BCUT2D eigenvalue weighted by atomic mass is 9.97. The van der Waals surface area contributed by atoms with Gasteiger partial charge < -0.3 is 4.74 Å².